The molecule has 4 heteroatoms. The Labute approximate surface area is 93.6 Å². The number of benzene rings is 1. The standard InChI is InChI=1S/C11H12ClN3/c12-8-4-6-15(7-5-8)10-3-1-2-9(13)11(10)14/h1-8H,13-14H2. The van der Waals surface area contributed by atoms with Crippen molar-refractivity contribution in [3.63, 3.8) is 0 Å². The Morgan fingerprint density at radius 1 is 1.13 bits per heavy atom. The molecule has 0 saturated heterocycles. The van der Waals surface area contributed by atoms with Crippen molar-refractivity contribution >= 4 is 28.7 Å². The summed E-state index contributed by atoms with van der Waals surface area (Å²) in [7, 11) is 0. The first kappa shape index (κ1) is 9.93. The number of nitrogens with two attached hydrogens (primary N) is 2. The van der Waals surface area contributed by atoms with E-state index in [1.807, 2.05) is 41.6 Å². The molecule has 0 saturated carbocycles. The summed E-state index contributed by atoms with van der Waals surface area (Å²) in [5.74, 6) is 0. The van der Waals surface area contributed by atoms with E-state index in [1.165, 1.54) is 0 Å². The van der Waals surface area contributed by atoms with Crippen molar-refractivity contribution in [2.45, 2.75) is 5.38 Å². The van der Waals surface area contributed by atoms with Gasteiger partial charge in [0.2, 0.25) is 0 Å². The Morgan fingerprint density at radius 3 is 2.47 bits per heavy atom. The van der Waals surface area contributed by atoms with E-state index in [1.54, 1.807) is 6.07 Å². The van der Waals surface area contributed by atoms with Crippen molar-refractivity contribution in [1.82, 2.24) is 0 Å². The summed E-state index contributed by atoms with van der Waals surface area (Å²) in [5, 5.41) is -0.0523. The van der Waals surface area contributed by atoms with Gasteiger partial charge in [0.15, 0.2) is 0 Å². The third-order valence-corrected chi connectivity index (χ3v) is 2.55. The molecule has 0 bridgehead atoms. The van der Waals surface area contributed by atoms with Gasteiger partial charge in [-0.2, -0.15) is 0 Å². The van der Waals surface area contributed by atoms with Crippen LogP contribution in [0.25, 0.3) is 0 Å². The number of para-hydroxylation sites is 1. The molecular weight excluding hydrogens is 210 g/mol. The molecule has 0 aromatic heterocycles. The normalized spacial score (nSPS) is 15.9. The van der Waals surface area contributed by atoms with E-state index in [4.69, 9.17) is 23.1 Å². The molecule has 0 spiro atoms. The predicted molar refractivity (Wildman–Crippen MR) is 65.7 cm³/mol. The molecule has 4 N–H and O–H groups in total. The molecule has 78 valence electrons. The summed E-state index contributed by atoms with van der Waals surface area (Å²) >= 11 is 5.88. The minimum absolute atomic E-state index is 0.0523. The van der Waals surface area contributed by atoms with Crippen LogP contribution in [0.1, 0.15) is 0 Å². The number of hydrogen-bond donors (Lipinski definition) is 2. The molecule has 2 rings (SSSR count). The number of alkyl halides is 1. The van der Waals surface area contributed by atoms with Gasteiger partial charge in [-0.25, -0.2) is 0 Å². The van der Waals surface area contributed by atoms with Crippen molar-refractivity contribution in [1.29, 1.82) is 0 Å². The smallest absolute Gasteiger partial charge is 0.0792 e. The van der Waals surface area contributed by atoms with Gasteiger partial charge in [-0.1, -0.05) is 6.07 Å². The van der Waals surface area contributed by atoms with Crippen LogP contribution in [0.3, 0.4) is 0 Å². The molecule has 1 aliphatic heterocycles. The van der Waals surface area contributed by atoms with E-state index >= 15 is 0 Å². The highest BCUT2D eigenvalue weighted by Crippen LogP contribution is 2.30. The topological polar surface area (TPSA) is 55.3 Å². The summed E-state index contributed by atoms with van der Waals surface area (Å²) in [6.07, 6.45) is 7.51. The van der Waals surface area contributed by atoms with Crippen LogP contribution < -0.4 is 16.4 Å². The van der Waals surface area contributed by atoms with Gasteiger partial charge in [-0.05, 0) is 24.3 Å². The first-order valence-corrected chi connectivity index (χ1v) is 5.05. The van der Waals surface area contributed by atoms with E-state index in [-0.39, 0.29) is 5.38 Å². The molecule has 0 amide bonds. The summed E-state index contributed by atoms with van der Waals surface area (Å²) < 4.78 is 0. The van der Waals surface area contributed by atoms with Crippen LogP contribution in [0, 0.1) is 0 Å². The molecule has 0 atom stereocenters. The van der Waals surface area contributed by atoms with Gasteiger partial charge in [-0.15, -0.1) is 11.6 Å². The van der Waals surface area contributed by atoms with Gasteiger partial charge >= 0.3 is 0 Å². The fraction of sp³-hybridized carbons (Fsp3) is 0.0909. The molecule has 15 heavy (non-hydrogen) atoms. The molecular formula is C11H12ClN3. The Morgan fingerprint density at radius 2 is 1.80 bits per heavy atom. The van der Waals surface area contributed by atoms with Crippen molar-refractivity contribution in [2.24, 2.45) is 0 Å². The molecule has 1 heterocycles. The summed E-state index contributed by atoms with van der Waals surface area (Å²) in [6, 6.07) is 5.56. The van der Waals surface area contributed by atoms with Gasteiger partial charge in [0, 0.05) is 12.4 Å². The van der Waals surface area contributed by atoms with Crippen LogP contribution in [0.2, 0.25) is 0 Å². The van der Waals surface area contributed by atoms with Crippen LogP contribution in [0.4, 0.5) is 17.1 Å². The highest BCUT2D eigenvalue weighted by molar-refractivity contribution is 6.23. The zero-order valence-corrected chi connectivity index (χ0v) is 8.85. The van der Waals surface area contributed by atoms with Crippen LogP contribution in [0.5, 0.6) is 0 Å². The zero-order valence-electron chi connectivity index (χ0n) is 8.10. The highest BCUT2D eigenvalue weighted by Gasteiger charge is 2.09. The van der Waals surface area contributed by atoms with E-state index < -0.39 is 0 Å². The molecule has 1 aromatic carbocycles. The van der Waals surface area contributed by atoms with E-state index in [9.17, 15) is 0 Å². The second-order valence-corrected chi connectivity index (χ2v) is 3.82. The summed E-state index contributed by atoms with van der Waals surface area (Å²) in [4.78, 5) is 1.89. The summed E-state index contributed by atoms with van der Waals surface area (Å²) in [5.41, 5.74) is 13.6. The average molecular weight is 222 g/mol. The lowest BCUT2D eigenvalue weighted by Crippen LogP contribution is -2.14. The molecule has 0 unspecified atom stereocenters. The minimum atomic E-state index is -0.0523. The monoisotopic (exact) mass is 221 g/mol. The molecule has 0 radical (unpaired) electrons. The zero-order chi connectivity index (χ0) is 10.8. The maximum atomic E-state index is 5.88. The highest BCUT2D eigenvalue weighted by atomic mass is 35.5. The van der Waals surface area contributed by atoms with Crippen LogP contribution in [0.15, 0.2) is 42.8 Å². The molecule has 1 aliphatic rings. The number of allylic oxidation sites excluding steroid dienone is 2. The Bertz CT molecular complexity index is 412. The van der Waals surface area contributed by atoms with Crippen LogP contribution >= 0.6 is 11.6 Å². The van der Waals surface area contributed by atoms with Gasteiger partial charge in [-0.3, -0.25) is 0 Å². The maximum Gasteiger partial charge on any atom is 0.0792 e. The number of hydrogen-bond acceptors (Lipinski definition) is 3. The van der Waals surface area contributed by atoms with Crippen LogP contribution in [-0.2, 0) is 0 Å². The third-order valence-electron chi connectivity index (χ3n) is 2.26. The summed E-state index contributed by atoms with van der Waals surface area (Å²) in [6.45, 7) is 0. The van der Waals surface area contributed by atoms with E-state index in [2.05, 4.69) is 0 Å². The Kier molecular flexibility index (Phi) is 2.56. The van der Waals surface area contributed by atoms with Crippen molar-refractivity contribution < 1.29 is 0 Å². The Balaban J connectivity index is 2.35. The maximum absolute atomic E-state index is 5.88. The minimum Gasteiger partial charge on any atom is -0.397 e. The largest absolute Gasteiger partial charge is 0.397 e. The van der Waals surface area contributed by atoms with Gasteiger partial charge in [0.25, 0.3) is 0 Å². The fourth-order valence-corrected chi connectivity index (χ4v) is 1.55. The number of rotatable bonds is 1. The molecule has 3 nitrogen and oxygen atoms in total. The predicted octanol–water partition coefficient (Wildman–Crippen LogP) is 2.31. The lowest BCUT2D eigenvalue weighted by Gasteiger charge is -2.21. The quantitative estimate of drug-likeness (QED) is 0.565. The van der Waals surface area contributed by atoms with Gasteiger partial charge in [0.1, 0.15) is 0 Å². The fourth-order valence-electron chi connectivity index (χ4n) is 1.42. The second-order valence-electron chi connectivity index (χ2n) is 3.31. The third kappa shape index (κ3) is 1.92. The number of halogens is 1. The number of anilines is 3. The van der Waals surface area contributed by atoms with Crippen molar-refractivity contribution in [3.05, 3.63) is 42.8 Å². The molecule has 0 fully saturated rings. The van der Waals surface area contributed by atoms with E-state index in [0.717, 1.165) is 5.69 Å². The molecule has 0 aliphatic carbocycles. The van der Waals surface area contributed by atoms with Gasteiger partial charge < -0.3 is 16.4 Å². The first-order valence-electron chi connectivity index (χ1n) is 4.61. The first-order chi connectivity index (χ1) is 7.18. The van der Waals surface area contributed by atoms with Crippen molar-refractivity contribution in [3.8, 4) is 0 Å². The Hall–Kier alpha value is -1.61. The average Bonchev–Trinajstić information content (AvgIpc) is 2.24. The lowest BCUT2D eigenvalue weighted by molar-refractivity contribution is 1.19. The second kappa shape index (κ2) is 3.87. The van der Waals surface area contributed by atoms with Crippen molar-refractivity contribution in [2.75, 3.05) is 16.4 Å². The van der Waals surface area contributed by atoms with E-state index in [0.29, 0.717) is 11.4 Å². The molecule has 1 aromatic rings. The van der Waals surface area contributed by atoms with Gasteiger partial charge in [0.05, 0.1) is 22.4 Å². The number of nitrogens with zero attached hydrogens (tertiary/aromatic N) is 1. The lowest BCUT2D eigenvalue weighted by atomic mass is 10.2. The SMILES string of the molecule is Nc1cccc(N2C=CC(Cl)C=C2)c1N. The van der Waals surface area contributed by atoms with Crippen LogP contribution in [-0.4, -0.2) is 5.38 Å². The number of nitrogen functional groups attached to an aromatic ring is 2.